The van der Waals surface area contributed by atoms with Crippen molar-refractivity contribution < 1.29 is 18.3 Å². The standard InChI is InChI=1S/C21H24F2N4O2/c1-11(2)17-16(26-20(28)29-21(4,5)6)10-24-27-18(12(3)25-19(17)27)13-7-14(22)9-15(23)8-13/h7-11H,1-6H3,(H,26,28). The molecule has 6 nitrogen and oxygen atoms in total. The number of anilines is 1. The van der Waals surface area contributed by atoms with E-state index in [1.165, 1.54) is 18.3 Å². The quantitative estimate of drug-likeness (QED) is 0.632. The minimum Gasteiger partial charge on any atom is -0.444 e. The van der Waals surface area contributed by atoms with Gasteiger partial charge in [0, 0.05) is 17.2 Å². The highest BCUT2D eigenvalue weighted by Gasteiger charge is 2.23. The van der Waals surface area contributed by atoms with Gasteiger partial charge < -0.3 is 4.74 Å². The minimum atomic E-state index is -0.679. The van der Waals surface area contributed by atoms with Crippen molar-refractivity contribution in [1.82, 2.24) is 14.6 Å². The lowest BCUT2D eigenvalue weighted by Crippen LogP contribution is -2.27. The van der Waals surface area contributed by atoms with Gasteiger partial charge in [-0.15, -0.1) is 0 Å². The van der Waals surface area contributed by atoms with Crippen LogP contribution in [0.15, 0.2) is 24.4 Å². The highest BCUT2D eigenvalue weighted by molar-refractivity contribution is 5.87. The van der Waals surface area contributed by atoms with Crippen LogP contribution in [0.25, 0.3) is 16.9 Å². The molecular weight excluding hydrogens is 378 g/mol. The molecule has 29 heavy (non-hydrogen) atoms. The fourth-order valence-electron chi connectivity index (χ4n) is 3.21. The predicted molar refractivity (Wildman–Crippen MR) is 107 cm³/mol. The molecule has 1 aromatic carbocycles. The number of halogens is 2. The summed E-state index contributed by atoms with van der Waals surface area (Å²) in [5.74, 6) is -1.37. The Morgan fingerprint density at radius 2 is 1.79 bits per heavy atom. The Balaban J connectivity index is 2.14. The van der Waals surface area contributed by atoms with E-state index in [9.17, 15) is 13.6 Å². The van der Waals surface area contributed by atoms with Gasteiger partial charge in [0.1, 0.15) is 17.2 Å². The number of rotatable bonds is 3. The monoisotopic (exact) mass is 402 g/mol. The molecule has 0 bridgehead atoms. The van der Waals surface area contributed by atoms with E-state index >= 15 is 0 Å². The van der Waals surface area contributed by atoms with Crippen LogP contribution in [-0.2, 0) is 4.74 Å². The zero-order valence-corrected chi connectivity index (χ0v) is 17.3. The van der Waals surface area contributed by atoms with Gasteiger partial charge in [0.05, 0.1) is 23.3 Å². The second-order valence-electron chi connectivity index (χ2n) is 8.19. The molecule has 0 fully saturated rings. The third-order valence-electron chi connectivity index (χ3n) is 4.21. The van der Waals surface area contributed by atoms with Crippen molar-refractivity contribution in [3.8, 4) is 11.3 Å². The largest absolute Gasteiger partial charge is 0.444 e. The van der Waals surface area contributed by atoms with Crippen molar-refractivity contribution in [2.24, 2.45) is 0 Å². The molecule has 0 unspecified atom stereocenters. The summed E-state index contributed by atoms with van der Waals surface area (Å²) >= 11 is 0. The highest BCUT2D eigenvalue weighted by Crippen LogP contribution is 2.33. The van der Waals surface area contributed by atoms with Crippen LogP contribution in [0.2, 0.25) is 0 Å². The number of hydrogen-bond donors (Lipinski definition) is 1. The normalized spacial score (nSPS) is 11.9. The summed E-state index contributed by atoms with van der Waals surface area (Å²) in [6, 6.07) is 3.30. The van der Waals surface area contributed by atoms with Gasteiger partial charge in [0.2, 0.25) is 0 Å². The van der Waals surface area contributed by atoms with Gasteiger partial charge in [-0.3, -0.25) is 5.32 Å². The maximum Gasteiger partial charge on any atom is 0.412 e. The first kappa shape index (κ1) is 20.7. The van der Waals surface area contributed by atoms with E-state index in [1.54, 1.807) is 32.2 Å². The molecule has 2 aromatic heterocycles. The second kappa shape index (κ2) is 7.42. The third-order valence-corrected chi connectivity index (χ3v) is 4.21. The van der Waals surface area contributed by atoms with Crippen LogP contribution in [0.5, 0.6) is 0 Å². The van der Waals surface area contributed by atoms with Gasteiger partial charge in [-0.05, 0) is 45.7 Å². The van der Waals surface area contributed by atoms with Crippen LogP contribution in [0.3, 0.4) is 0 Å². The van der Waals surface area contributed by atoms with E-state index in [0.717, 1.165) is 11.6 Å². The molecule has 0 saturated carbocycles. The number of nitrogens with one attached hydrogen (secondary N) is 1. The van der Waals surface area contributed by atoms with Crippen LogP contribution in [0.1, 0.15) is 51.8 Å². The van der Waals surface area contributed by atoms with E-state index in [2.05, 4.69) is 15.4 Å². The Bertz CT molecular complexity index is 1060. The average Bonchev–Trinajstić information content (AvgIpc) is 2.87. The molecule has 0 atom stereocenters. The number of amides is 1. The Kier molecular flexibility index (Phi) is 5.30. The van der Waals surface area contributed by atoms with Gasteiger partial charge >= 0.3 is 6.09 Å². The Morgan fingerprint density at radius 3 is 2.34 bits per heavy atom. The Morgan fingerprint density at radius 1 is 1.17 bits per heavy atom. The van der Waals surface area contributed by atoms with Crippen molar-refractivity contribution in [3.63, 3.8) is 0 Å². The summed E-state index contributed by atoms with van der Waals surface area (Å²) in [4.78, 5) is 16.8. The van der Waals surface area contributed by atoms with Crippen LogP contribution in [-0.4, -0.2) is 26.3 Å². The lowest BCUT2D eigenvalue weighted by atomic mass is 10.0. The number of hydrogen-bond acceptors (Lipinski definition) is 4. The molecule has 0 saturated heterocycles. The maximum atomic E-state index is 13.8. The molecule has 2 heterocycles. The van der Waals surface area contributed by atoms with Gasteiger partial charge in [0.25, 0.3) is 0 Å². The number of aromatic nitrogens is 3. The molecule has 1 N–H and O–H groups in total. The number of ether oxygens (including phenoxy) is 1. The lowest BCUT2D eigenvalue weighted by molar-refractivity contribution is 0.0635. The highest BCUT2D eigenvalue weighted by atomic mass is 19.1. The van der Waals surface area contributed by atoms with E-state index in [-0.39, 0.29) is 5.92 Å². The van der Waals surface area contributed by atoms with E-state index < -0.39 is 23.3 Å². The number of aryl methyl sites for hydroxylation is 1. The summed E-state index contributed by atoms with van der Waals surface area (Å²) in [7, 11) is 0. The van der Waals surface area contributed by atoms with Crippen LogP contribution < -0.4 is 5.32 Å². The van der Waals surface area contributed by atoms with Gasteiger partial charge in [-0.1, -0.05) is 13.8 Å². The molecule has 0 aliphatic heterocycles. The maximum absolute atomic E-state index is 13.8. The molecule has 0 aliphatic carbocycles. The predicted octanol–water partition coefficient (Wildman–Crippen LogP) is 5.45. The van der Waals surface area contributed by atoms with Crippen LogP contribution in [0, 0.1) is 18.6 Å². The molecule has 8 heteroatoms. The Labute approximate surface area is 167 Å². The van der Waals surface area contributed by atoms with Crippen molar-refractivity contribution >= 4 is 17.4 Å². The number of carbonyl (C=O) groups excluding carboxylic acids is 1. The summed E-state index contributed by atoms with van der Waals surface area (Å²) in [6.07, 6.45) is 0.897. The summed E-state index contributed by atoms with van der Waals surface area (Å²) in [6.45, 7) is 11.0. The molecule has 3 rings (SSSR count). The van der Waals surface area contributed by atoms with Crippen LogP contribution >= 0.6 is 0 Å². The van der Waals surface area contributed by atoms with E-state index in [1.807, 2.05) is 13.8 Å². The van der Waals surface area contributed by atoms with Gasteiger partial charge in [0.15, 0.2) is 5.65 Å². The first-order valence-corrected chi connectivity index (χ1v) is 9.31. The number of imidazole rings is 1. The van der Waals surface area contributed by atoms with E-state index in [4.69, 9.17) is 4.74 Å². The summed E-state index contributed by atoms with van der Waals surface area (Å²) in [5.41, 5.74) is 2.48. The van der Waals surface area contributed by atoms with E-state index in [0.29, 0.717) is 28.3 Å². The topological polar surface area (TPSA) is 68.5 Å². The zero-order chi connectivity index (χ0) is 21.5. The number of carbonyl (C=O) groups is 1. The first-order chi connectivity index (χ1) is 13.5. The average molecular weight is 402 g/mol. The Hall–Kier alpha value is -3.03. The van der Waals surface area contributed by atoms with Crippen molar-refractivity contribution in [2.45, 2.75) is 53.1 Å². The lowest BCUT2D eigenvalue weighted by Gasteiger charge is -2.21. The molecule has 0 spiro atoms. The van der Waals surface area contributed by atoms with Gasteiger partial charge in [-0.25, -0.2) is 23.1 Å². The zero-order valence-electron chi connectivity index (χ0n) is 17.3. The molecule has 1 amide bonds. The minimum absolute atomic E-state index is 0.00988. The van der Waals surface area contributed by atoms with Crippen molar-refractivity contribution in [1.29, 1.82) is 0 Å². The summed E-state index contributed by atoms with van der Waals surface area (Å²) in [5, 5.41) is 7.10. The number of benzene rings is 1. The molecule has 154 valence electrons. The molecule has 0 radical (unpaired) electrons. The summed E-state index contributed by atoms with van der Waals surface area (Å²) < 4.78 is 34.4. The number of fused-ring (bicyclic) bond motifs is 1. The van der Waals surface area contributed by atoms with Crippen molar-refractivity contribution in [3.05, 3.63) is 47.3 Å². The fraction of sp³-hybridized carbons (Fsp3) is 0.381. The smallest absolute Gasteiger partial charge is 0.412 e. The molecule has 0 aliphatic rings. The fourth-order valence-corrected chi connectivity index (χ4v) is 3.21. The second-order valence-corrected chi connectivity index (χ2v) is 8.19. The molecular formula is C21H24F2N4O2. The number of nitrogens with zero attached hydrogens (tertiary/aromatic N) is 3. The molecule has 3 aromatic rings. The third kappa shape index (κ3) is 4.36. The van der Waals surface area contributed by atoms with Gasteiger partial charge in [-0.2, -0.15) is 5.10 Å². The van der Waals surface area contributed by atoms with Crippen molar-refractivity contribution in [2.75, 3.05) is 5.32 Å². The SMILES string of the molecule is Cc1nc2c(C(C)C)c(NC(=O)OC(C)(C)C)cnn2c1-c1cc(F)cc(F)c1. The van der Waals surface area contributed by atoms with Crippen LogP contribution in [0.4, 0.5) is 19.3 Å². The first-order valence-electron chi connectivity index (χ1n) is 9.31.